The minimum absolute atomic E-state index is 0.810. The van der Waals surface area contributed by atoms with Gasteiger partial charge in [0.05, 0.1) is 0 Å². The first-order valence-corrected chi connectivity index (χ1v) is 6.55. The molecule has 1 atom stereocenters. The highest BCUT2D eigenvalue weighted by atomic mass is 15.1. The van der Waals surface area contributed by atoms with Crippen LogP contribution in [-0.2, 0) is 6.54 Å². The van der Waals surface area contributed by atoms with E-state index in [1.807, 2.05) is 0 Å². The van der Waals surface area contributed by atoms with Crippen molar-refractivity contribution in [3.63, 3.8) is 0 Å². The van der Waals surface area contributed by atoms with E-state index < -0.39 is 0 Å². The van der Waals surface area contributed by atoms with Crippen LogP contribution in [0.5, 0.6) is 0 Å². The summed E-state index contributed by atoms with van der Waals surface area (Å²) in [5.74, 6) is 0.810. The van der Waals surface area contributed by atoms with E-state index in [-0.39, 0.29) is 0 Å². The lowest BCUT2D eigenvalue weighted by Crippen LogP contribution is -2.33. The SMILES string of the molecule is CN1CCC[C@H](Cn2ccc3ccccc32)C1. The topological polar surface area (TPSA) is 8.17 Å². The van der Waals surface area contributed by atoms with Gasteiger partial charge in [-0.15, -0.1) is 0 Å². The van der Waals surface area contributed by atoms with Crippen LogP contribution >= 0.6 is 0 Å². The molecule has 17 heavy (non-hydrogen) atoms. The molecule has 0 saturated carbocycles. The number of likely N-dealkylation sites (tertiary alicyclic amines) is 1. The lowest BCUT2D eigenvalue weighted by molar-refractivity contribution is 0.196. The van der Waals surface area contributed by atoms with Gasteiger partial charge in [-0.05, 0) is 49.9 Å². The number of hydrogen-bond donors (Lipinski definition) is 0. The molecule has 3 rings (SSSR count). The van der Waals surface area contributed by atoms with Crippen molar-refractivity contribution in [2.75, 3.05) is 20.1 Å². The van der Waals surface area contributed by atoms with Crippen LogP contribution in [0.15, 0.2) is 36.5 Å². The summed E-state index contributed by atoms with van der Waals surface area (Å²) < 4.78 is 2.42. The van der Waals surface area contributed by atoms with Crippen molar-refractivity contribution in [3.05, 3.63) is 36.5 Å². The largest absolute Gasteiger partial charge is 0.347 e. The number of piperidine rings is 1. The van der Waals surface area contributed by atoms with Gasteiger partial charge in [0.15, 0.2) is 0 Å². The molecule has 1 aliphatic rings. The van der Waals surface area contributed by atoms with E-state index in [0.29, 0.717) is 0 Å². The summed E-state index contributed by atoms with van der Waals surface area (Å²) in [7, 11) is 2.24. The van der Waals surface area contributed by atoms with E-state index in [9.17, 15) is 0 Å². The molecular weight excluding hydrogens is 208 g/mol. The van der Waals surface area contributed by atoms with Crippen molar-refractivity contribution < 1.29 is 0 Å². The Kier molecular flexibility index (Phi) is 2.89. The molecule has 1 saturated heterocycles. The van der Waals surface area contributed by atoms with Crippen LogP contribution in [0.2, 0.25) is 0 Å². The lowest BCUT2D eigenvalue weighted by atomic mass is 9.98. The van der Waals surface area contributed by atoms with Gasteiger partial charge in [-0.1, -0.05) is 18.2 Å². The summed E-state index contributed by atoms with van der Waals surface area (Å²) in [6.45, 7) is 3.67. The Morgan fingerprint density at radius 1 is 1.24 bits per heavy atom. The van der Waals surface area contributed by atoms with E-state index in [1.54, 1.807) is 0 Å². The number of benzene rings is 1. The Morgan fingerprint density at radius 2 is 2.12 bits per heavy atom. The van der Waals surface area contributed by atoms with Gasteiger partial charge in [0.25, 0.3) is 0 Å². The van der Waals surface area contributed by atoms with E-state index in [1.165, 1.54) is 36.8 Å². The summed E-state index contributed by atoms with van der Waals surface area (Å²) >= 11 is 0. The maximum absolute atomic E-state index is 2.46. The predicted octanol–water partition coefficient (Wildman–Crippen LogP) is 2.98. The van der Waals surface area contributed by atoms with Crippen molar-refractivity contribution in [2.45, 2.75) is 19.4 Å². The predicted molar refractivity (Wildman–Crippen MR) is 72.2 cm³/mol. The third-order valence-electron chi connectivity index (χ3n) is 3.86. The van der Waals surface area contributed by atoms with E-state index in [4.69, 9.17) is 0 Å². The minimum atomic E-state index is 0.810. The average molecular weight is 228 g/mol. The Hall–Kier alpha value is -1.28. The van der Waals surface area contributed by atoms with Gasteiger partial charge in [-0.2, -0.15) is 0 Å². The van der Waals surface area contributed by atoms with Gasteiger partial charge in [0.1, 0.15) is 0 Å². The molecule has 1 aliphatic heterocycles. The number of nitrogens with zero attached hydrogens (tertiary/aromatic N) is 2. The first-order valence-electron chi connectivity index (χ1n) is 6.55. The molecular formula is C15H20N2. The Labute approximate surface area is 103 Å². The Balaban J connectivity index is 1.80. The zero-order valence-corrected chi connectivity index (χ0v) is 10.5. The number of fused-ring (bicyclic) bond motifs is 1. The van der Waals surface area contributed by atoms with Crippen LogP contribution in [-0.4, -0.2) is 29.6 Å². The van der Waals surface area contributed by atoms with Crippen molar-refractivity contribution in [1.29, 1.82) is 0 Å². The van der Waals surface area contributed by atoms with Crippen LogP contribution in [0.1, 0.15) is 12.8 Å². The second-order valence-electron chi connectivity index (χ2n) is 5.30. The minimum Gasteiger partial charge on any atom is -0.347 e. The maximum atomic E-state index is 2.46. The Morgan fingerprint density at radius 3 is 3.00 bits per heavy atom. The molecule has 0 unspecified atom stereocenters. The van der Waals surface area contributed by atoms with E-state index in [2.05, 4.69) is 53.0 Å². The molecule has 0 spiro atoms. The third kappa shape index (κ3) is 2.22. The van der Waals surface area contributed by atoms with Gasteiger partial charge in [-0.25, -0.2) is 0 Å². The fraction of sp³-hybridized carbons (Fsp3) is 0.467. The normalized spacial score (nSPS) is 22.1. The number of aromatic nitrogens is 1. The summed E-state index contributed by atoms with van der Waals surface area (Å²) in [6, 6.07) is 10.9. The molecule has 0 radical (unpaired) electrons. The number of para-hydroxylation sites is 1. The van der Waals surface area contributed by atoms with Crippen LogP contribution in [0, 0.1) is 5.92 Å². The average Bonchev–Trinajstić information content (AvgIpc) is 2.73. The van der Waals surface area contributed by atoms with Crippen molar-refractivity contribution in [3.8, 4) is 0 Å². The zero-order chi connectivity index (χ0) is 11.7. The van der Waals surface area contributed by atoms with E-state index >= 15 is 0 Å². The van der Waals surface area contributed by atoms with Crippen LogP contribution in [0.3, 0.4) is 0 Å². The van der Waals surface area contributed by atoms with Crippen molar-refractivity contribution in [1.82, 2.24) is 9.47 Å². The molecule has 0 N–H and O–H groups in total. The van der Waals surface area contributed by atoms with Crippen LogP contribution < -0.4 is 0 Å². The fourth-order valence-corrected chi connectivity index (χ4v) is 3.00. The molecule has 1 aromatic carbocycles. The number of rotatable bonds is 2. The molecule has 2 nitrogen and oxygen atoms in total. The second-order valence-corrected chi connectivity index (χ2v) is 5.30. The smallest absolute Gasteiger partial charge is 0.0480 e. The summed E-state index contributed by atoms with van der Waals surface area (Å²) in [5.41, 5.74) is 1.38. The molecule has 2 aromatic rings. The highest BCUT2D eigenvalue weighted by Crippen LogP contribution is 2.21. The first-order chi connectivity index (χ1) is 8.33. The second kappa shape index (κ2) is 4.53. The van der Waals surface area contributed by atoms with Gasteiger partial charge >= 0.3 is 0 Å². The Bertz CT molecular complexity index is 500. The highest BCUT2D eigenvalue weighted by molar-refractivity contribution is 5.79. The molecule has 0 bridgehead atoms. The fourth-order valence-electron chi connectivity index (χ4n) is 3.00. The van der Waals surface area contributed by atoms with Crippen molar-refractivity contribution >= 4 is 10.9 Å². The summed E-state index contributed by atoms with van der Waals surface area (Å²) in [5, 5.41) is 1.36. The van der Waals surface area contributed by atoms with E-state index in [0.717, 1.165) is 12.5 Å². The molecule has 2 heteroatoms. The van der Waals surface area contributed by atoms with Gasteiger partial charge in [0.2, 0.25) is 0 Å². The molecule has 0 amide bonds. The first kappa shape index (κ1) is 10.8. The lowest BCUT2D eigenvalue weighted by Gasteiger charge is -2.30. The quantitative estimate of drug-likeness (QED) is 0.767. The van der Waals surface area contributed by atoms with Crippen LogP contribution in [0.4, 0.5) is 0 Å². The van der Waals surface area contributed by atoms with Gasteiger partial charge in [0, 0.05) is 24.8 Å². The molecule has 1 fully saturated rings. The molecule has 1 aromatic heterocycles. The third-order valence-corrected chi connectivity index (χ3v) is 3.86. The monoisotopic (exact) mass is 228 g/mol. The highest BCUT2D eigenvalue weighted by Gasteiger charge is 2.17. The van der Waals surface area contributed by atoms with Gasteiger partial charge < -0.3 is 9.47 Å². The van der Waals surface area contributed by atoms with Crippen molar-refractivity contribution in [2.24, 2.45) is 5.92 Å². The summed E-state index contributed by atoms with van der Waals surface area (Å²) in [4.78, 5) is 2.46. The standard InChI is InChI=1S/C15H20N2/c1-16-9-4-5-13(11-16)12-17-10-8-14-6-2-3-7-15(14)17/h2-3,6-8,10,13H,4-5,9,11-12H2,1H3/t13-/m0/s1. The molecule has 0 aliphatic carbocycles. The molecule has 2 heterocycles. The molecule has 90 valence electrons. The summed E-state index contributed by atoms with van der Waals surface area (Å²) in [6.07, 6.45) is 4.95. The maximum Gasteiger partial charge on any atom is 0.0480 e. The van der Waals surface area contributed by atoms with Gasteiger partial charge in [-0.3, -0.25) is 0 Å². The van der Waals surface area contributed by atoms with Crippen LogP contribution in [0.25, 0.3) is 10.9 Å². The zero-order valence-electron chi connectivity index (χ0n) is 10.5. The number of hydrogen-bond acceptors (Lipinski definition) is 1.